The fraction of sp³-hybridized carbons (Fsp3) is 0.500. The molecule has 1 unspecified atom stereocenters. The smallest absolute Gasteiger partial charge is 0.246 e. The molecule has 1 heterocycles. The van der Waals surface area contributed by atoms with E-state index in [0.717, 1.165) is 49.6 Å². The highest BCUT2D eigenvalue weighted by Crippen LogP contribution is 2.20. The third kappa shape index (κ3) is 4.34. The minimum atomic E-state index is 0.0646. The second kappa shape index (κ2) is 7.99. The number of hydrogen-bond acceptors (Lipinski definition) is 3. The molecule has 1 aliphatic rings. The van der Waals surface area contributed by atoms with Crippen molar-refractivity contribution in [2.45, 2.75) is 20.3 Å². The Labute approximate surface area is 132 Å². The van der Waals surface area contributed by atoms with Crippen molar-refractivity contribution < 1.29 is 14.3 Å². The number of rotatable bonds is 6. The van der Waals surface area contributed by atoms with E-state index in [1.807, 2.05) is 43.0 Å². The molecular formula is C18H25NO3. The minimum Gasteiger partial charge on any atom is -0.497 e. The highest BCUT2D eigenvalue weighted by molar-refractivity contribution is 5.94. The van der Waals surface area contributed by atoms with Crippen molar-refractivity contribution in [1.82, 2.24) is 4.90 Å². The van der Waals surface area contributed by atoms with Crippen molar-refractivity contribution in [3.63, 3.8) is 0 Å². The predicted molar refractivity (Wildman–Crippen MR) is 87.8 cm³/mol. The molecule has 1 atom stereocenters. The molecular weight excluding hydrogens is 278 g/mol. The van der Waals surface area contributed by atoms with E-state index in [1.165, 1.54) is 0 Å². The molecule has 120 valence electrons. The number of likely N-dealkylation sites (N-methyl/N-ethyl adjacent to an activating group) is 1. The number of benzene rings is 1. The van der Waals surface area contributed by atoms with Gasteiger partial charge >= 0.3 is 0 Å². The number of allylic oxidation sites excluding steroid dienone is 1. The molecule has 0 spiro atoms. The van der Waals surface area contributed by atoms with E-state index in [-0.39, 0.29) is 5.91 Å². The van der Waals surface area contributed by atoms with Crippen molar-refractivity contribution in [2.75, 3.05) is 33.4 Å². The Morgan fingerprint density at radius 3 is 2.95 bits per heavy atom. The first kappa shape index (κ1) is 16.6. The lowest BCUT2D eigenvalue weighted by Crippen LogP contribution is -2.34. The fourth-order valence-electron chi connectivity index (χ4n) is 2.64. The van der Waals surface area contributed by atoms with Gasteiger partial charge in [-0.25, -0.2) is 0 Å². The van der Waals surface area contributed by atoms with Crippen LogP contribution in [0.15, 0.2) is 30.3 Å². The molecule has 0 radical (unpaired) electrons. The maximum Gasteiger partial charge on any atom is 0.246 e. The number of carbonyl (C=O) groups excluding carboxylic acids is 1. The first-order valence-electron chi connectivity index (χ1n) is 7.83. The summed E-state index contributed by atoms with van der Waals surface area (Å²) in [5, 5.41) is 0. The number of nitrogens with zero attached hydrogens (tertiary/aromatic N) is 1. The van der Waals surface area contributed by atoms with Crippen molar-refractivity contribution in [3.05, 3.63) is 35.9 Å². The second-order valence-corrected chi connectivity index (χ2v) is 5.67. The highest BCUT2D eigenvalue weighted by atomic mass is 16.5. The molecule has 22 heavy (non-hydrogen) atoms. The summed E-state index contributed by atoms with van der Waals surface area (Å²) in [6.45, 7) is 7.05. The maximum atomic E-state index is 12.5. The third-order valence-electron chi connectivity index (χ3n) is 4.06. The molecule has 0 saturated carbocycles. The molecule has 0 N–H and O–H groups in total. The zero-order chi connectivity index (χ0) is 15.9. The molecule has 1 saturated heterocycles. The van der Waals surface area contributed by atoms with Gasteiger partial charge in [-0.05, 0) is 43.5 Å². The van der Waals surface area contributed by atoms with Crippen LogP contribution in [0, 0.1) is 5.92 Å². The lowest BCUT2D eigenvalue weighted by Gasteiger charge is -2.22. The average molecular weight is 303 g/mol. The molecule has 0 bridgehead atoms. The summed E-state index contributed by atoms with van der Waals surface area (Å²) in [6, 6.07) is 7.77. The van der Waals surface area contributed by atoms with Gasteiger partial charge in [0.15, 0.2) is 0 Å². The Hall–Kier alpha value is -1.81. The normalized spacial score (nSPS) is 18.3. The number of carbonyl (C=O) groups is 1. The van der Waals surface area contributed by atoms with Crippen molar-refractivity contribution >= 4 is 11.5 Å². The SMILES string of the molecule is CCN(CC1CCOC1)C(=O)/C=C(\C)c1cccc(OC)c1. The zero-order valence-electron chi connectivity index (χ0n) is 13.7. The highest BCUT2D eigenvalue weighted by Gasteiger charge is 2.20. The van der Waals surface area contributed by atoms with Gasteiger partial charge in [0, 0.05) is 31.7 Å². The van der Waals surface area contributed by atoms with Gasteiger partial charge in [0.05, 0.1) is 13.7 Å². The lowest BCUT2D eigenvalue weighted by molar-refractivity contribution is -0.126. The summed E-state index contributed by atoms with van der Waals surface area (Å²) in [7, 11) is 1.64. The first-order valence-corrected chi connectivity index (χ1v) is 7.83. The summed E-state index contributed by atoms with van der Waals surface area (Å²) >= 11 is 0. The van der Waals surface area contributed by atoms with Crippen molar-refractivity contribution in [1.29, 1.82) is 0 Å². The molecule has 4 heteroatoms. The van der Waals surface area contributed by atoms with Gasteiger partial charge < -0.3 is 14.4 Å². The van der Waals surface area contributed by atoms with Crippen LogP contribution >= 0.6 is 0 Å². The molecule has 1 aliphatic heterocycles. The van der Waals surface area contributed by atoms with Crippen LogP contribution in [-0.4, -0.2) is 44.2 Å². The van der Waals surface area contributed by atoms with E-state index in [1.54, 1.807) is 13.2 Å². The summed E-state index contributed by atoms with van der Waals surface area (Å²) in [4.78, 5) is 14.4. The van der Waals surface area contributed by atoms with Gasteiger partial charge in [-0.1, -0.05) is 12.1 Å². The maximum absolute atomic E-state index is 12.5. The molecule has 1 aromatic carbocycles. The van der Waals surface area contributed by atoms with Crippen LogP contribution in [0.2, 0.25) is 0 Å². The van der Waals surface area contributed by atoms with Gasteiger partial charge in [0.2, 0.25) is 5.91 Å². The molecule has 4 nitrogen and oxygen atoms in total. The number of methoxy groups -OCH3 is 1. The van der Waals surface area contributed by atoms with E-state index in [0.29, 0.717) is 5.92 Å². The monoisotopic (exact) mass is 303 g/mol. The van der Waals surface area contributed by atoms with Gasteiger partial charge in [0.1, 0.15) is 5.75 Å². The Balaban J connectivity index is 2.05. The quantitative estimate of drug-likeness (QED) is 0.758. The molecule has 0 aliphatic carbocycles. The van der Waals surface area contributed by atoms with Crippen LogP contribution in [0.4, 0.5) is 0 Å². The summed E-state index contributed by atoms with van der Waals surface area (Å²) in [5.74, 6) is 1.33. The van der Waals surface area contributed by atoms with Crippen LogP contribution in [0.5, 0.6) is 5.75 Å². The standard InChI is InChI=1S/C18H25NO3/c1-4-19(12-15-8-9-22-13-15)18(20)10-14(2)16-6-5-7-17(11-16)21-3/h5-7,10-11,15H,4,8-9,12-13H2,1-3H3/b14-10+. The molecule has 0 aromatic heterocycles. The van der Waals surface area contributed by atoms with Crippen LogP contribution in [0.3, 0.4) is 0 Å². The third-order valence-corrected chi connectivity index (χ3v) is 4.06. The summed E-state index contributed by atoms with van der Waals surface area (Å²) in [6.07, 6.45) is 2.76. The summed E-state index contributed by atoms with van der Waals surface area (Å²) in [5.41, 5.74) is 1.96. The van der Waals surface area contributed by atoms with Gasteiger partial charge in [-0.2, -0.15) is 0 Å². The molecule has 1 aromatic rings. The van der Waals surface area contributed by atoms with E-state index in [4.69, 9.17) is 9.47 Å². The van der Waals surface area contributed by atoms with Crippen LogP contribution in [0.1, 0.15) is 25.8 Å². The van der Waals surface area contributed by atoms with E-state index in [2.05, 4.69) is 0 Å². The lowest BCUT2D eigenvalue weighted by atomic mass is 10.1. The zero-order valence-corrected chi connectivity index (χ0v) is 13.7. The topological polar surface area (TPSA) is 38.8 Å². The molecule has 2 rings (SSSR count). The number of amides is 1. The van der Waals surface area contributed by atoms with Crippen LogP contribution < -0.4 is 4.74 Å². The molecule has 1 amide bonds. The average Bonchev–Trinajstić information content (AvgIpc) is 3.05. The van der Waals surface area contributed by atoms with Crippen molar-refractivity contribution in [3.8, 4) is 5.75 Å². The summed E-state index contributed by atoms with van der Waals surface area (Å²) < 4.78 is 10.6. The predicted octanol–water partition coefficient (Wildman–Crippen LogP) is 2.98. The van der Waals surface area contributed by atoms with Gasteiger partial charge in [-0.15, -0.1) is 0 Å². The van der Waals surface area contributed by atoms with E-state index >= 15 is 0 Å². The van der Waals surface area contributed by atoms with Crippen LogP contribution in [-0.2, 0) is 9.53 Å². The van der Waals surface area contributed by atoms with Gasteiger partial charge in [-0.3, -0.25) is 4.79 Å². The molecule has 1 fully saturated rings. The Kier molecular flexibility index (Phi) is 6.01. The number of ether oxygens (including phenoxy) is 2. The first-order chi connectivity index (χ1) is 10.6. The second-order valence-electron chi connectivity index (χ2n) is 5.67. The number of hydrogen-bond donors (Lipinski definition) is 0. The Morgan fingerprint density at radius 1 is 1.50 bits per heavy atom. The van der Waals surface area contributed by atoms with E-state index in [9.17, 15) is 4.79 Å². The largest absolute Gasteiger partial charge is 0.497 e. The Bertz CT molecular complexity index is 533. The Morgan fingerprint density at radius 2 is 2.32 bits per heavy atom. The fourth-order valence-corrected chi connectivity index (χ4v) is 2.64. The van der Waals surface area contributed by atoms with Crippen LogP contribution in [0.25, 0.3) is 5.57 Å². The minimum absolute atomic E-state index is 0.0646. The van der Waals surface area contributed by atoms with E-state index < -0.39 is 0 Å². The van der Waals surface area contributed by atoms with Crippen molar-refractivity contribution in [2.24, 2.45) is 5.92 Å². The van der Waals surface area contributed by atoms with Gasteiger partial charge in [0.25, 0.3) is 0 Å².